The van der Waals surface area contributed by atoms with E-state index in [1.54, 1.807) is 0 Å². The fourth-order valence-electron chi connectivity index (χ4n) is 3.95. The molecule has 1 saturated heterocycles. The molecular weight excluding hydrogens is 334 g/mol. The number of nitriles is 1. The first-order valence-electron chi connectivity index (χ1n) is 9.07. The molecule has 0 aromatic carbocycles. The third kappa shape index (κ3) is 3.32. The highest BCUT2D eigenvalue weighted by atomic mass is 35.5. The molecule has 0 unspecified atom stereocenters. The lowest BCUT2D eigenvalue weighted by molar-refractivity contribution is 0.0953. The van der Waals surface area contributed by atoms with E-state index in [0.29, 0.717) is 29.5 Å². The Balaban J connectivity index is 1.80. The number of nitrogens with zero attached hydrogens (tertiary/aromatic N) is 5. The van der Waals surface area contributed by atoms with Crippen molar-refractivity contribution in [2.75, 3.05) is 25.0 Å². The Kier molecular flexibility index (Phi) is 5.47. The van der Waals surface area contributed by atoms with Gasteiger partial charge in [-0.3, -0.25) is 0 Å². The van der Waals surface area contributed by atoms with E-state index < -0.39 is 0 Å². The van der Waals surface area contributed by atoms with Gasteiger partial charge in [0.05, 0.1) is 12.1 Å². The van der Waals surface area contributed by atoms with Crippen molar-refractivity contribution in [2.24, 2.45) is 0 Å². The molecule has 1 saturated carbocycles. The number of rotatable bonds is 4. The van der Waals surface area contributed by atoms with Gasteiger partial charge in [-0.25, -0.2) is 9.83 Å². The van der Waals surface area contributed by atoms with Crippen molar-refractivity contribution in [3.63, 3.8) is 0 Å². The van der Waals surface area contributed by atoms with Gasteiger partial charge in [0, 0.05) is 25.2 Å². The van der Waals surface area contributed by atoms with Crippen LogP contribution in [0.3, 0.4) is 0 Å². The molecule has 1 aliphatic carbocycles. The second-order valence-corrected chi connectivity index (χ2v) is 7.33. The lowest BCUT2D eigenvalue weighted by Crippen LogP contribution is -2.49. The second kappa shape index (κ2) is 7.60. The summed E-state index contributed by atoms with van der Waals surface area (Å²) in [4.78, 5) is 12.8. The molecule has 2 fully saturated rings. The molecule has 1 aromatic rings. The zero-order valence-corrected chi connectivity index (χ0v) is 15.7. The predicted octanol–water partition coefficient (Wildman–Crippen LogP) is 4.17. The Morgan fingerprint density at radius 3 is 2.44 bits per heavy atom. The molecule has 6 heteroatoms. The first-order chi connectivity index (χ1) is 12.1. The first kappa shape index (κ1) is 18.0. The number of hydrogen-bond donors (Lipinski definition) is 0. The molecule has 2 heterocycles. The van der Waals surface area contributed by atoms with Gasteiger partial charge in [-0.15, -0.1) is 0 Å². The zero-order valence-electron chi connectivity index (χ0n) is 14.9. The molecule has 2 aliphatic rings. The van der Waals surface area contributed by atoms with E-state index in [0.717, 1.165) is 37.5 Å². The van der Waals surface area contributed by atoms with E-state index in [2.05, 4.69) is 32.7 Å². The molecule has 5 nitrogen and oxygen atoms in total. The summed E-state index contributed by atoms with van der Waals surface area (Å²) in [7, 11) is 2.25. The Hall–Kier alpha value is -1.82. The maximum absolute atomic E-state index is 9.33. The Morgan fingerprint density at radius 1 is 1.32 bits per heavy atom. The monoisotopic (exact) mass is 357 g/mol. The number of pyridine rings is 1. The minimum atomic E-state index is 0.218. The summed E-state index contributed by atoms with van der Waals surface area (Å²) < 4.78 is 0. The van der Waals surface area contributed by atoms with Crippen LogP contribution in [0.25, 0.3) is 4.85 Å². The molecule has 0 radical (unpaired) electrons. The van der Waals surface area contributed by atoms with Gasteiger partial charge in [0.15, 0.2) is 0 Å². The van der Waals surface area contributed by atoms with Crippen LogP contribution in [-0.2, 0) is 6.42 Å². The highest BCUT2D eigenvalue weighted by molar-refractivity contribution is 6.31. The Labute approximate surface area is 155 Å². The minimum absolute atomic E-state index is 0.218. The van der Waals surface area contributed by atoms with E-state index >= 15 is 0 Å². The zero-order chi connectivity index (χ0) is 18.0. The van der Waals surface area contributed by atoms with Gasteiger partial charge in [-0.05, 0) is 44.7 Å². The van der Waals surface area contributed by atoms with Crippen LogP contribution < -0.4 is 4.90 Å². The first-order valence-corrected chi connectivity index (χ1v) is 9.45. The summed E-state index contributed by atoms with van der Waals surface area (Å²) in [5.74, 6) is 0.653. The summed E-state index contributed by atoms with van der Waals surface area (Å²) in [6.07, 6.45) is 6.76. The lowest BCUT2D eigenvalue weighted by atomic mass is 9.89. The van der Waals surface area contributed by atoms with Crippen molar-refractivity contribution >= 4 is 23.1 Å². The summed E-state index contributed by atoms with van der Waals surface area (Å²) in [5.41, 5.74) is 1.56. The molecule has 25 heavy (non-hydrogen) atoms. The maximum atomic E-state index is 9.33. The van der Waals surface area contributed by atoms with Crippen molar-refractivity contribution in [1.29, 1.82) is 5.26 Å². The van der Waals surface area contributed by atoms with Crippen LogP contribution in [0.2, 0.25) is 5.15 Å². The fourth-order valence-corrected chi connectivity index (χ4v) is 4.19. The molecule has 0 spiro atoms. The third-order valence-electron chi connectivity index (χ3n) is 5.78. The Bertz CT molecular complexity index is 721. The van der Waals surface area contributed by atoms with E-state index in [1.807, 2.05) is 6.92 Å². The van der Waals surface area contributed by atoms with Gasteiger partial charge < -0.3 is 9.80 Å². The molecule has 1 aliphatic heterocycles. The molecule has 132 valence electrons. The van der Waals surface area contributed by atoms with E-state index in [1.165, 1.54) is 19.3 Å². The van der Waals surface area contributed by atoms with E-state index in [9.17, 15) is 5.26 Å². The van der Waals surface area contributed by atoms with E-state index in [-0.39, 0.29) is 5.15 Å². The van der Waals surface area contributed by atoms with Crippen LogP contribution in [0.15, 0.2) is 0 Å². The van der Waals surface area contributed by atoms with Gasteiger partial charge in [-0.1, -0.05) is 24.9 Å². The van der Waals surface area contributed by atoms with Crippen molar-refractivity contribution in [3.05, 3.63) is 27.7 Å². The molecule has 1 aromatic heterocycles. The lowest BCUT2D eigenvalue weighted by Gasteiger charge is -2.44. The summed E-state index contributed by atoms with van der Waals surface area (Å²) in [6, 6.07) is 3.47. The standard InChI is InChI=1S/C19H24ClN5/c1-4-15-16(12-21)18(20)23-19(17(15)22-2)25-10-8-14(9-11-25)24(3)13-6-5-7-13/h13-14H,4-11H2,1,3H3. The van der Waals surface area contributed by atoms with Crippen LogP contribution in [-0.4, -0.2) is 42.1 Å². The minimum Gasteiger partial charge on any atom is -0.365 e. The highest BCUT2D eigenvalue weighted by Gasteiger charge is 2.31. The molecule has 0 bridgehead atoms. The summed E-state index contributed by atoms with van der Waals surface area (Å²) >= 11 is 6.24. The molecular formula is C19H24ClN5. The van der Waals surface area contributed by atoms with E-state index in [4.69, 9.17) is 18.2 Å². The SMILES string of the molecule is [C-]#[N+]c1c(N2CCC(N(C)C3CCC3)CC2)nc(Cl)c(C#N)c1CC. The molecule has 3 rings (SSSR count). The average molecular weight is 358 g/mol. The van der Waals surface area contributed by atoms with Crippen molar-refractivity contribution in [1.82, 2.24) is 9.88 Å². The fraction of sp³-hybridized carbons (Fsp3) is 0.632. The van der Waals surface area contributed by atoms with Gasteiger partial charge in [-0.2, -0.15) is 5.26 Å². The van der Waals surface area contributed by atoms with Crippen LogP contribution in [0.4, 0.5) is 11.5 Å². The smallest absolute Gasteiger partial charge is 0.232 e. The van der Waals surface area contributed by atoms with Crippen LogP contribution in [0, 0.1) is 17.9 Å². The molecule has 0 atom stereocenters. The van der Waals surface area contributed by atoms with Crippen LogP contribution in [0.1, 0.15) is 50.2 Å². The largest absolute Gasteiger partial charge is 0.365 e. The number of aromatic nitrogens is 1. The number of anilines is 1. The van der Waals surface area contributed by atoms with Gasteiger partial charge in [0.1, 0.15) is 17.0 Å². The van der Waals surface area contributed by atoms with Gasteiger partial charge in [0.2, 0.25) is 5.69 Å². The topological polar surface area (TPSA) is 47.5 Å². The quantitative estimate of drug-likeness (QED) is 0.599. The predicted molar refractivity (Wildman–Crippen MR) is 100 cm³/mol. The molecule has 0 amide bonds. The second-order valence-electron chi connectivity index (χ2n) is 6.97. The summed E-state index contributed by atoms with van der Waals surface area (Å²) in [5, 5.41) is 9.55. The molecule has 0 N–H and O–H groups in total. The van der Waals surface area contributed by atoms with Crippen LogP contribution >= 0.6 is 11.6 Å². The average Bonchev–Trinajstić information content (AvgIpc) is 2.59. The highest BCUT2D eigenvalue weighted by Crippen LogP contribution is 2.38. The van der Waals surface area contributed by atoms with Crippen molar-refractivity contribution in [2.45, 2.75) is 57.5 Å². The number of halogens is 1. The summed E-state index contributed by atoms with van der Waals surface area (Å²) in [6.45, 7) is 11.3. The maximum Gasteiger partial charge on any atom is 0.232 e. The normalized spacial score (nSPS) is 18.7. The Morgan fingerprint density at radius 2 is 1.96 bits per heavy atom. The van der Waals surface area contributed by atoms with Crippen molar-refractivity contribution in [3.8, 4) is 6.07 Å². The number of hydrogen-bond acceptors (Lipinski definition) is 4. The van der Waals surface area contributed by atoms with Gasteiger partial charge >= 0.3 is 0 Å². The third-order valence-corrected chi connectivity index (χ3v) is 6.05. The van der Waals surface area contributed by atoms with Crippen LogP contribution in [0.5, 0.6) is 0 Å². The van der Waals surface area contributed by atoms with Gasteiger partial charge in [0.25, 0.3) is 0 Å². The number of piperidine rings is 1. The van der Waals surface area contributed by atoms with Crippen molar-refractivity contribution < 1.29 is 0 Å².